The van der Waals surface area contributed by atoms with Crippen molar-refractivity contribution < 1.29 is 0 Å². The van der Waals surface area contributed by atoms with E-state index in [1.807, 2.05) is 12.1 Å². The largest absolute Gasteiger partial charge is 0.354 e. The minimum Gasteiger partial charge on any atom is -0.354 e. The first-order valence-electron chi connectivity index (χ1n) is 6.34. The van der Waals surface area contributed by atoms with Gasteiger partial charge < -0.3 is 9.80 Å². The molecule has 3 rings (SSSR count). The summed E-state index contributed by atoms with van der Waals surface area (Å²) >= 11 is 13.5. The Morgan fingerprint density at radius 1 is 1.10 bits per heavy atom. The maximum Gasteiger partial charge on any atom is 0.132 e. The summed E-state index contributed by atoms with van der Waals surface area (Å²) in [6, 6.07) is 3.83. The number of rotatable bonds is 2. The zero-order valence-corrected chi connectivity index (χ0v) is 13.3. The molecule has 0 bridgehead atoms. The molecule has 1 aliphatic rings. The van der Waals surface area contributed by atoms with E-state index in [1.165, 1.54) is 11.3 Å². The lowest BCUT2D eigenvalue weighted by atomic mass is 10.2. The van der Waals surface area contributed by atoms with Crippen molar-refractivity contribution in [2.45, 2.75) is 0 Å². The second kappa shape index (κ2) is 5.85. The van der Waals surface area contributed by atoms with Gasteiger partial charge in [-0.15, -0.1) is 11.3 Å². The summed E-state index contributed by atoms with van der Waals surface area (Å²) in [5, 5.41) is 0. The van der Waals surface area contributed by atoms with Gasteiger partial charge in [-0.2, -0.15) is 0 Å². The van der Waals surface area contributed by atoms with E-state index in [2.05, 4.69) is 26.8 Å². The van der Waals surface area contributed by atoms with E-state index in [1.54, 1.807) is 6.33 Å². The molecule has 7 heteroatoms. The smallest absolute Gasteiger partial charge is 0.132 e. The van der Waals surface area contributed by atoms with Gasteiger partial charge in [0.1, 0.15) is 16.5 Å². The van der Waals surface area contributed by atoms with Crippen molar-refractivity contribution in [3.8, 4) is 11.3 Å². The quantitative estimate of drug-likeness (QED) is 0.846. The molecule has 0 atom stereocenters. The molecule has 20 heavy (non-hydrogen) atoms. The van der Waals surface area contributed by atoms with Crippen molar-refractivity contribution >= 4 is 40.4 Å². The zero-order valence-electron chi connectivity index (χ0n) is 11.0. The Kier molecular flexibility index (Phi) is 4.12. The highest BCUT2D eigenvalue weighted by atomic mass is 35.5. The number of thiophene rings is 1. The molecule has 0 spiro atoms. The zero-order chi connectivity index (χ0) is 14.1. The summed E-state index contributed by atoms with van der Waals surface area (Å²) in [6.45, 7) is 4.05. The van der Waals surface area contributed by atoms with Gasteiger partial charge >= 0.3 is 0 Å². The summed E-state index contributed by atoms with van der Waals surface area (Å²) in [6.07, 6.45) is 1.59. The summed E-state index contributed by atoms with van der Waals surface area (Å²) in [5.74, 6) is 0.946. The Morgan fingerprint density at radius 2 is 1.85 bits per heavy atom. The normalized spacial score (nSPS) is 16.6. The summed E-state index contributed by atoms with van der Waals surface area (Å²) in [5.41, 5.74) is 1.70. The molecule has 0 aliphatic carbocycles. The van der Waals surface area contributed by atoms with E-state index in [0.29, 0.717) is 8.67 Å². The van der Waals surface area contributed by atoms with Crippen LogP contribution in [-0.4, -0.2) is 48.1 Å². The van der Waals surface area contributed by atoms with Gasteiger partial charge in [-0.25, -0.2) is 9.97 Å². The molecule has 0 radical (unpaired) electrons. The molecular formula is C13H14Cl2N4S. The predicted octanol–water partition coefficient (Wildman–Crippen LogP) is 3.26. The Balaban J connectivity index is 1.88. The van der Waals surface area contributed by atoms with Crippen LogP contribution in [0.4, 0.5) is 5.82 Å². The van der Waals surface area contributed by atoms with Crippen LogP contribution in [0.5, 0.6) is 0 Å². The summed E-state index contributed by atoms with van der Waals surface area (Å²) in [7, 11) is 2.13. The van der Waals surface area contributed by atoms with Gasteiger partial charge in [0.2, 0.25) is 0 Å². The molecule has 2 aromatic rings. The van der Waals surface area contributed by atoms with E-state index in [9.17, 15) is 0 Å². The van der Waals surface area contributed by atoms with Crippen molar-refractivity contribution in [3.05, 3.63) is 27.1 Å². The van der Waals surface area contributed by atoms with E-state index < -0.39 is 0 Å². The SMILES string of the molecule is CN1CCN(c2cc(-c3cc(Cl)sc3Cl)ncn2)CC1. The van der Waals surface area contributed by atoms with Crippen LogP contribution in [-0.2, 0) is 0 Å². The fourth-order valence-corrected chi connectivity index (χ4v) is 3.70. The first-order valence-corrected chi connectivity index (χ1v) is 7.91. The fraction of sp³-hybridized carbons (Fsp3) is 0.385. The Bertz CT molecular complexity index is 608. The van der Waals surface area contributed by atoms with Crippen LogP contribution in [0.15, 0.2) is 18.5 Å². The Hall–Kier alpha value is -0.880. The van der Waals surface area contributed by atoms with Crippen molar-refractivity contribution in [3.63, 3.8) is 0 Å². The molecule has 106 valence electrons. The van der Waals surface area contributed by atoms with Crippen molar-refractivity contribution in [1.82, 2.24) is 14.9 Å². The van der Waals surface area contributed by atoms with Crippen molar-refractivity contribution in [2.24, 2.45) is 0 Å². The van der Waals surface area contributed by atoms with Crippen LogP contribution >= 0.6 is 34.5 Å². The van der Waals surface area contributed by atoms with Gasteiger partial charge in [0.05, 0.1) is 10.0 Å². The monoisotopic (exact) mass is 328 g/mol. The molecule has 0 saturated carbocycles. The third kappa shape index (κ3) is 2.91. The lowest BCUT2D eigenvalue weighted by Crippen LogP contribution is -2.44. The van der Waals surface area contributed by atoms with Crippen LogP contribution in [0.1, 0.15) is 0 Å². The van der Waals surface area contributed by atoms with Gasteiger partial charge in [-0.1, -0.05) is 23.2 Å². The van der Waals surface area contributed by atoms with Gasteiger partial charge in [0, 0.05) is 37.8 Å². The van der Waals surface area contributed by atoms with E-state index in [-0.39, 0.29) is 0 Å². The maximum absolute atomic E-state index is 6.19. The minimum absolute atomic E-state index is 0.665. The summed E-state index contributed by atoms with van der Waals surface area (Å²) < 4.78 is 1.34. The molecule has 0 unspecified atom stereocenters. The topological polar surface area (TPSA) is 32.3 Å². The number of halogens is 2. The van der Waals surface area contributed by atoms with E-state index in [4.69, 9.17) is 23.2 Å². The third-order valence-electron chi connectivity index (χ3n) is 3.41. The highest BCUT2D eigenvalue weighted by Crippen LogP contribution is 2.37. The molecule has 3 heterocycles. The maximum atomic E-state index is 6.19. The van der Waals surface area contributed by atoms with E-state index >= 15 is 0 Å². The second-order valence-corrected chi connectivity index (χ2v) is 7.08. The number of hydrogen-bond acceptors (Lipinski definition) is 5. The highest BCUT2D eigenvalue weighted by molar-refractivity contribution is 7.20. The van der Waals surface area contributed by atoms with Crippen LogP contribution in [0.2, 0.25) is 8.67 Å². The van der Waals surface area contributed by atoms with E-state index in [0.717, 1.165) is 43.3 Å². The molecule has 0 amide bonds. The average molecular weight is 329 g/mol. The number of nitrogens with zero attached hydrogens (tertiary/aromatic N) is 4. The second-order valence-electron chi connectivity index (χ2n) is 4.79. The molecule has 1 aliphatic heterocycles. The molecular weight excluding hydrogens is 315 g/mol. The number of likely N-dealkylation sites (N-methyl/N-ethyl adjacent to an activating group) is 1. The Morgan fingerprint density at radius 3 is 2.50 bits per heavy atom. The summed E-state index contributed by atoms with van der Waals surface area (Å²) in [4.78, 5) is 13.3. The first-order chi connectivity index (χ1) is 9.63. The minimum atomic E-state index is 0.665. The number of aromatic nitrogens is 2. The van der Waals surface area contributed by atoms with Gasteiger partial charge in [0.15, 0.2) is 0 Å². The standard InChI is InChI=1S/C13H14Cl2N4S/c1-18-2-4-19(5-3-18)12-7-10(16-8-17-12)9-6-11(14)20-13(9)15/h6-8H,2-5H2,1H3. The lowest BCUT2D eigenvalue weighted by molar-refractivity contribution is 0.312. The molecule has 1 saturated heterocycles. The number of piperazine rings is 1. The molecule has 1 fully saturated rings. The predicted molar refractivity (Wildman–Crippen MR) is 85.1 cm³/mol. The molecule has 4 nitrogen and oxygen atoms in total. The molecule has 0 aromatic carbocycles. The van der Waals surface area contributed by atoms with Crippen molar-refractivity contribution in [1.29, 1.82) is 0 Å². The van der Waals surface area contributed by atoms with Crippen LogP contribution in [0.25, 0.3) is 11.3 Å². The third-order valence-corrected chi connectivity index (χ3v) is 4.90. The highest BCUT2D eigenvalue weighted by Gasteiger charge is 2.17. The van der Waals surface area contributed by atoms with Crippen LogP contribution < -0.4 is 4.90 Å². The number of anilines is 1. The van der Waals surface area contributed by atoms with Gasteiger partial charge in [-0.05, 0) is 13.1 Å². The van der Waals surface area contributed by atoms with Crippen LogP contribution in [0, 0.1) is 0 Å². The fourth-order valence-electron chi connectivity index (χ4n) is 2.22. The van der Waals surface area contributed by atoms with Crippen molar-refractivity contribution in [2.75, 3.05) is 38.1 Å². The molecule has 2 aromatic heterocycles. The molecule has 0 N–H and O–H groups in total. The van der Waals surface area contributed by atoms with Gasteiger partial charge in [0.25, 0.3) is 0 Å². The number of hydrogen-bond donors (Lipinski definition) is 0. The van der Waals surface area contributed by atoms with Crippen LogP contribution in [0.3, 0.4) is 0 Å². The van der Waals surface area contributed by atoms with Gasteiger partial charge in [-0.3, -0.25) is 0 Å². The first kappa shape index (κ1) is 14.1. The Labute approximate surface area is 132 Å². The lowest BCUT2D eigenvalue weighted by Gasteiger charge is -2.33. The average Bonchev–Trinajstić information content (AvgIpc) is 2.79.